The van der Waals surface area contributed by atoms with E-state index in [1.54, 1.807) is 0 Å². The number of sulfonamides is 1. The zero-order valence-corrected chi connectivity index (χ0v) is 17.5. The number of rotatable bonds is 4. The Morgan fingerprint density at radius 1 is 1.10 bits per heavy atom. The zero-order valence-electron chi connectivity index (χ0n) is 15.9. The Labute approximate surface area is 175 Å². The van der Waals surface area contributed by atoms with Crippen LogP contribution in [0.15, 0.2) is 47.4 Å². The number of fused-ring (bicyclic) bond motifs is 1. The number of nitrogens with zero attached hydrogens (tertiary/aromatic N) is 1. The van der Waals surface area contributed by atoms with Crippen molar-refractivity contribution in [3.05, 3.63) is 58.6 Å². The minimum absolute atomic E-state index is 0.0985. The fraction of sp³-hybridized carbons (Fsp3) is 0.381. The Balaban J connectivity index is 1.59. The second-order valence-electron chi connectivity index (χ2n) is 7.31. The van der Waals surface area contributed by atoms with Gasteiger partial charge in [-0.3, -0.25) is 4.79 Å². The first kappa shape index (κ1) is 20.2. The summed E-state index contributed by atoms with van der Waals surface area (Å²) in [5, 5.41) is 3.20. The number of hydrogen-bond donors (Lipinski definition) is 1. The molecular weight excluding hydrogens is 412 g/mol. The lowest BCUT2D eigenvalue weighted by Crippen LogP contribution is -2.36. The molecule has 0 aliphatic carbocycles. The van der Waals surface area contributed by atoms with Gasteiger partial charge in [-0.2, -0.15) is 4.31 Å². The predicted molar refractivity (Wildman–Crippen MR) is 111 cm³/mol. The van der Waals surface area contributed by atoms with E-state index < -0.39 is 15.9 Å². The Morgan fingerprint density at radius 2 is 1.86 bits per heavy atom. The van der Waals surface area contributed by atoms with Crippen LogP contribution in [0.25, 0.3) is 0 Å². The van der Waals surface area contributed by atoms with Crippen molar-refractivity contribution in [1.82, 2.24) is 9.62 Å². The number of para-hydroxylation sites is 1. The Hall–Kier alpha value is -2.09. The molecule has 0 spiro atoms. The predicted octanol–water partition coefficient (Wildman–Crippen LogP) is 3.77. The molecule has 6 nitrogen and oxygen atoms in total. The monoisotopic (exact) mass is 434 g/mol. The molecule has 4 rings (SSSR count). The van der Waals surface area contributed by atoms with Crippen LogP contribution in [-0.4, -0.2) is 38.3 Å². The van der Waals surface area contributed by atoms with Gasteiger partial charge in [0.15, 0.2) is 0 Å². The van der Waals surface area contributed by atoms with Crippen molar-refractivity contribution in [3.8, 4) is 5.75 Å². The molecule has 29 heavy (non-hydrogen) atoms. The van der Waals surface area contributed by atoms with Crippen LogP contribution in [-0.2, 0) is 10.0 Å². The summed E-state index contributed by atoms with van der Waals surface area (Å²) in [6.45, 7) is 1.51. The highest BCUT2D eigenvalue weighted by atomic mass is 35.5. The van der Waals surface area contributed by atoms with Gasteiger partial charge in [0.1, 0.15) is 5.75 Å². The zero-order chi connectivity index (χ0) is 20.4. The maximum absolute atomic E-state index is 13.0. The molecule has 1 saturated heterocycles. The highest BCUT2D eigenvalue weighted by Crippen LogP contribution is 2.32. The first-order valence-electron chi connectivity index (χ1n) is 9.79. The van der Waals surface area contributed by atoms with Gasteiger partial charge in [-0.05, 0) is 37.1 Å². The van der Waals surface area contributed by atoms with E-state index in [1.165, 1.54) is 22.5 Å². The fourth-order valence-corrected chi connectivity index (χ4v) is 5.57. The van der Waals surface area contributed by atoms with Crippen LogP contribution in [0.2, 0.25) is 5.02 Å². The highest BCUT2D eigenvalue weighted by Gasteiger charge is 2.28. The smallest absolute Gasteiger partial charge is 0.253 e. The van der Waals surface area contributed by atoms with E-state index in [2.05, 4.69) is 5.32 Å². The van der Waals surface area contributed by atoms with Crippen LogP contribution in [0, 0.1) is 0 Å². The van der Waals surface area contributed by atoms with Gasteiger partial charge in [-0.25, -0.2) is 8.42 Å². The van der Waals surface area contributed by atoms with Crippen LogP contribution in [0.1, 0.15) is 47.6 Å². The van der Waals surface area contributed by atoms with E-state index in [4.69, 9.17) is 16.3 Å². The van der Waals surface area contributed by atoms with Crippen molar-refractivity contribution in [2.75, 3.05) is 19.7 Å². The average Bonchev–Trinajstić information content (AvgIpc) is 2.75. The van der Waals surface area contributed by atoms with Crippen molar-refractivity contribution < 1.29 is 17.9 Å². The molecule has 2 aliphatic rings. The molecule has 1 amide bonds. The number of piperidine rings is 1. The Kier molecular flexibility index (Phi) is 5.81. The molecule has 1 unspecified atom stereocenters. The third-order valence-electron chi connectivity index (χ3n) is 5.40. The summed E-state index contributed by atoms with van der Waals surface area (Å²) in [5.41, 5.74) is 1.06. The maximum atomic E-state index is 13.0. The van der Waals surface area contributed by atoms with Crippen molar-refractivity contribution in [1.29, 1.82) is 0 Å². The van der Waals surface area contributed by atoms with Crippen LogP contribution in [0.4, 0.5) is 0 Å². The first-order chi connectivity index (χ1) is 14.0. The van der Waals surface area contributed by atoms with Gasteiger partial charge in [-0.15, -0.1) is 0 Å². The van der Waals surface area contributed by atoms with Gasteiger partial charge in [0.05, 0.1) is 28.1 Å². The minimum Gasteiger partial charge on any atom is -0.493 e. The minimum atomic E-state index is -3.64. The summed E-state index contributed by atoms with van der Waals surface area (Å²) in [5.74, 6) is 0.351. The molecule has 1 fully saturated rings. The summed E-state index contributed by atoms with van der Waals surface area (Å²) in [4.78, 5) is 13.1. The number of carbonyl (C=O) groups excluding carboxylic acids is 1. The van der Waals surface area contributed by atoms with Gasteiger partial charge in [-0.1, -0.05) is 36.2 Å². The molecule has 0 bridgehead atoms. The fourth-order valence-electron chi connectivity index (χ4n) is 3.82. The summed E-state index contributed by atoms with van der Waals surface area (Å²) in [6.07, 6.45) is 3.37. The molecule has 1 atom stereocenters. The molecule has 2 heterocycles. The van der Waals surface area contributed by atoms with Crippen molar-refractivity contribution in [2.45, 2.75) is 36.6 Å². The molecule has 8 heteroatoms. The van der Waals surface area contributed by atoms with E-state index in [0.717, 1.165) is 30.6 Å². The molecule has 0 aromatic heterocycles. The van der Waals surface area contributed by atoms with E-state index in [-0.39, 0.29) is 21.5 Å². The maximum Gasteiger partial charge on any atom is 0.253 e. The molecule has 2 aromatic rings. The topological polar surface area (TPSA) is 75.7 Å². The van der Waals surface area contributed by atoms with E-state index in [0.29, 0.717) is 26.1 Å². The Bertz CT molecular complexity index is 1020. The second kappa shape index (κ2) is 8.34. The molecule has 154 valence electrons. The number of carbonyl (C=O) groups is 1. The van der Waals surface area contributed by atoms with Crippen LogP contribution < -0.4 is 10.1 Å². The summed E-state index contributed by atoms with van der Waals surface area (Å²) < 4.78 is 33.0. The summed E-state index contributed by atoms with van der Waals surface area (Å²) in [6, 6.07) is 11.7. The van der Waals surface area contributed by atoms with E-state index >= 15 is 0 Å². The quantitative estimate of drug-likeness (QED) is 0.794. The largest absolute Gasteiger partial charge is 0.493 e. The van der Waals surface area contributed by atoms with Crippen LogP contribution in [0.3, 0.4) is 0 Å². The van der Waals surface area contributed by atoms with Crippen LogP contribution in [0.5, 0.6) is 5.75 Å². The van der Waals surface area contributed by atoms with Gasteiger partial charge in [0.25, 0.3) is 5.91 Å². The highest BCUT2D eigenvalue weighted by molar-refractivity contribution is 7.89. The number of nitrogens with one attached hydrogen (secondary N) is 1. The standard InChI is InChI=1S/C21H23ClN2O4S/c22-18-9-8-15(29(26,27)24-11-4-1-5-12-24)14-17(18)21(25)23-19-10-13-28-20-7-3-2-6-16(19)20/h2-3,6-9,14,19H,1,4-5,10-13H2,(H,23,25). The Morgan fingerprint density at radius 3 is 2.66 bits per heavy atom. The molecular formula is C21H23ClN2O4S. The van der Waals surface area contributed by atoms with Gasteiger partial charge >= 0.3 is 0 Å². The lowest BCUT2D eigenvalue weighted by Gasteiger charge is -2.27. The number of amides is 1. The van der Waals surface area contributed by atoms with E-state index in [1.807, 2.05) is 24.3 Å². The normalized spacial score (nSPS) is 19.8. The van der Waals surface area contributed by atoms with Crippen LogP contribution >= 0.6 is 11.6 Å². The summed E-state index contributed by atoms with van der Waals surface area (Å²) >= 11 is 6.25. The van der Waals surface area contributed by atoms with E-state index in [9.17, 15) is 13.2 Å². The van der Waals surface area contributed by atoms with Crippen molar-refractivity contribution in [3.63, 3.8) is 0 Å². The van der Waals surface area contributed by atoms with Crippen molar-refractivity contribution in [2.24, 2.45) is 0 Å². The molecule has 2 aliphatic heterocycles. The second-order valence-corrected chi connectivity index (χ2v) is 9.65. The molecule has 0 saturated carbocycles. The number of hydrogen-bond acceptors (Lipinski definition) is 4. The number of benzene rings is 2. The van der Waals surface area contributed by atoms with Gasteiger partial charge < -0.3 is 10.1 Å². The molecule has 2 aromatic carbocycles. The third-order valence-corrected chi connectivity index (χ3v) is 7.62. The SMILES string of the molecule is O=C(NC1CCOc2ccccc21)c1cc(S(=O)(=O)N2CCCCC2)ccc1Cl. The number of halogens is 1. The first-order valence-corrected chi connectivity index (χ1v) is 11.6. The van der Waals surface area contributed by atoms with Gasteiger partial charge in [0, 0.05) is 25.1 Å². The molecule has 1 N–H and O–H groups in total. The lowest BCUT2D eigenvalue weighted by molar-refractivity contribution is 0.0924. The summed E-state index contributed by atoms with van der Waals surface area (Å²) in [7, 11) is -3.64. The third kappa shape index (κ3) is 4.13. The lowest BCUT2D eigenvalue weighted by atomic mass is 10.00. The average molecular weight is 435 g/mol. The van der Waals surface area contributed by atoms with Gasteiger partial charge in [0.2, 0.25) is 10.0 Å². The van der Waals surface area contributed by atoms with Crippen molar-refractivity contribution >= 4 is 27.5 Å². The molecule has 0 radical (unpaired) electrons. The number of ether oxygens (including phenoxy) is 1.